The van der Waals surface area contributed by atoms with Gasteiger partial charge >= 0.3 is 37.9 Å². The van der Waals surface area contributed by atoms with Crippen LogP contribution in [0.15, 0.2) is 140 Å². The van der Waals surface area contributed by atoms with Crippen LogP contribution in [-0.4, -0.2) is 9.52 Å². The largest absolute Gasteiger partial charge is 0.184 e. The number of benzene rings is 6. The number of fused-ring (bicyclic) bond motifs is 5. The molecule has 8 aromatic rings. The Morgan fingerprint density at radius 2 is 0.914 bits per heavy atom. The third kappa shape index (κ3) is 9.80. The average molecular weight is 892 g/mol. The number of halogens is 2. The van der Waals surface area contributed by atoms with Gasteiger partial charge in [-0.05, 0) is 60.8 Å². The maximum Gasteiger partial charge on any atom is 0.0920 e. The topological polar surface area (TPSA) is 0 Å². The van der Waals surface area contributed by atoms with E-state index in [-0.39, 0.29) is 10.8 Å². The van der Waals surface area contributed by atoms with Gasteiger partial charge in [0.25, 0.3) is 0 Å². The predicted molar refractivity (Wildman–Crippen MR) is 254 cm³/mol. The number of aryl methyl sites for hydroxylation is 4. The monoisotopic (exact) mass is 889 g/mol. The van der Waals surface area contributed by atoms with Crippen LogP contribution in [-0.2, 0) is 31.7 Å². The molecule has 4 heteroatoms. The van der Waals surface area contributed by atoms with E-state index in [1.54, 1.807) is 0 Å². The molecule has 0 aromatic heterocycles. The van der Waals surface area contributed by atoms with Crippen molar-refractivity contribution in [1.29, 1.82) is 0 Å². The molecule has 0 spiro atoms. The average Bonchev–Trinajstić information content (AvgIpc) is 3.92. The smallest absolute Gasteiger partial charge is 0.0920 e. The predicted octanol–water partition coefficient (Wildman–Crippen LogP) is 14.8. The van der Waals surface area contributed by atoms with Gasteiger partial charge in [-0.2, -0.15) is 41.6 Å². The van der Waals surface area contributed by atoms with E-state index in [1.165, 1.54) is 98.7 Å². The van der Waals surface area contributed by atoms with Crippen molar-refractivity contribution in [1.82, 2.24) is 0 Å². The molecule has 0 saturated heterocycles. The zero-order valence-electron chi connectivity index (χ0n) is 35.5. The van der Waals surface area contributed by atoms with Gasteiger partial charge in [0, 0.05) is 0 Å². The minimum atomic E-state index is -0.826. The van der Waals surface area contributed by atoms with Crippen molar-refractivity contribution < 1.29 is 20.8 Å². The summed E-state index contributed by atoms with van der Waals surface area (Å²) in [7, 11) is 10.7. The van der Waals surface area contributed by atoms with Gasteiger partial charge in [-0.1, -0.05) is 147 Å². The fourth-order valence-corrected chi connectivity index (χ4v) is 9.11. The Balaban J connectivity index is 0.000000145. The number of rotatable bonds is 2. The zero-order valence-corrected chi connectivity index (χ0v) is 40.5. The fraction of sp³-hybridized carbons (Fsp3) is 0.222. The van der Waals surface area contributed by atoms with Gasteiger partial charge in [0.05, 0.1) is 9.52 Å². The van der Waals surface area contributed by atoms with Crippen LogP contribution in [0.25, 0.3) is 54.9 Å². The summed E-state index contributed by atoms with van der Waals surface area (Å²) < 4.78 is 0. The molecule has 1 aliphatic heterocycles. The molecule has 9 rings (SSSR count). The van der Waals surface area contributed by atoms with E-state index in [2.05, 4.69) is 209 Å². The molecule has 1 heterocycles. The van der Waals surface area contributed by atoms with Gasteiger partial charge in [0.1, 0.15) is 0 Å². The van der Waals surface area contributed by atoms with Crippen LogP contribution in [0.1, 0.15) is 74.9 Å². The number of hydrogen-bond acceptors (Lipinski definition) is 0. The fourth-order valence-electron chi connectivity index (χ4n) is 7.80. The Bertz CT molecular complexity index is 2480. The molecule has 0 N–H and O–H groups in total. The molecule has 0 bridgehead atoms. The Kier molecular flexibility index (Phi) is 14.1. The van der Waals surface area contributed by atoms with Gasteiger partial charge in [-0.3, -0.25) is 0 Å². The molecule has 0 atom stereocenters. The van der Waals surface area contributed by atoms with Gasteiger partial charge in [0.2, 0.25) is 0 Å². The molecule has 0 amide bonds. The van der Waals surface area contributed by atoms with Crippen molar-refractivity contribution in [3.8, 4) is 33.4 Å². The van der Waals surface area contributed by atoms with Crippen molar-refractivity contribution >= 4 is 58.5 Å². The molecule has 0 nitrogen and oxygen atoms in total. The summed E-state index contributed by atoms with van der Waals surface area (Å²) in [5.74, 6) is 0. The first kappa shape index (κ1) is 43.8. The minimum absolute atomic E-state index is 0.190. The van der Waals surface area contributed by atoms with Gasteiger partial charge < -0.3 is 0 Å². The maximum atomic E-state index is 4.93. The van der Waals surface area contributed by atoms with Crippen molar-refractivity contribution in [2.75, 3.05) is 0 Å². The molecule has 294 valence electrons. The second-order valence-electron chi connectivity index (χ2n) is 17.3. The van der Waals surface area contributed by atoms with E-state index in [1.807, 2.05) is 6.07 Å². The van der Waals surface area contributed by atoms with E-state index < -0.39 is 20.8 Å². The Morgan fingerprint density at radius 1 is 0.500 bits per heavy atom. The summed E-state index contributed by atoms with van der Waals surface area (Å²) in [4.78, 5) is 0. The van der Waals surface area contributed by atoms with Crippen LogP contribution in [0.5, 0.6) is 0 Å². The first-order chi connectivity index (χ1) is 27.6. The third-order valence-electron chi connectivity index (χ3n) is 11.1. The van der Waals surface area contributed by atoms with Crippen LogP contribution in [0.4, 0.5) is 0 Å². The second-order valence-corrected chi connectivity index (χ2v) is 22.4. The van der Waals surface area contributed by atoms with Crippen molar-refractivity contribution in [3.63, 3.8) is 0 Å². The van der Waals surface area contributed by atoms with E-state index in [4.69, 9.17) is 17.0 Å². The Morgan fingerprint density at radius 3 is 1.36 bits per heavy atom. The summed E-state index contributed by atoms with van der Waals surface area (Å²) in [6.07, 6.45) is 0. The number of hydrogen-bond donors (Lipinski definition) is 0. The molecular formula is C54H53Cl2SiZr-3. The molecule has 58 heavy (non-hydrogen) atoms. The Hall–Kier alpha value is -3.78. The second kappa shape index (κ2) is 18.6. The van der Waals surface area contributed by atoms with Crippen molar-refractivity contribution in [2.45, 2.75) is 80.1 Å². The van der Waals surface area contributed by atoms with Gasteiger partial charge in [-0.25, -0.2) is 0 Å². The summed E-state index contributed by atoms with van der Waals surface area (Å²) >= 11 is -0.826. The minimum Gasteiger partial charge on any atom is -0.184 e. The summed E-state index contributed by atoms with van der Waals surface area (Å²) in [5.41, 5.74) is 16.8. The van der Waals surface area contributed by atoms with Crippen molar-refractivity contribution in [3.05, 3.63) is 179 Å². The molecule has 0 unspecified atom stereocenters. The molecule has 0 fully saturated rings. The van der Waals surface area contributed by atoms with Crippen molar-refractivity contribution in [2.24, 2.45) is 0 Å². The Labute approximate surface area is 368 Å². The molecule has 0 aliphatic carbocycles. The first-order valence-corrected chi connectivity index (χ1v) is 27.3. The first-order valence-electron chi connectivity index (χ1n) is 20.0. The summed E-state index contributed by atoms with van der Waals surface area (Å²) in [6, 6.07) is 54.0. The van der Waals surface area contributed by atoms with Crippen LogP contribution in [0.2, 0.25) is 0 Å². The van der Waals surface area contributed by atoms with Gasteiger partial charge in [0.15, 0.2) is 0 Å². The summed E-state index contributed by atoms with van der Waals surface area (Å²) in [6.45, 7) is 22.5. The van der Waals surface area contributed by atoms with E-state index in [0.717, 1.165) is 9.52 Å². The molecule has 8 aromatic carbocycles. The van der Waals surface area contributed by atoms with E-state index in [0.29, 0.717) is 0 Å². The van der Waals surface area contributed by atoms with E-state index >= 15 is 0 Å². The third-order valence-corrected chi connectivity index (χ3v) is 12.5. The summed E-state index contributed by atoms with van der Waals surface area (Å²) in [5, 5.41) is 8.29. The van der Waals surface area contributed by atoms with Crippen LogP contribution >= 0.6 is 17.0 Å². The van der Waals surface area contributed by atoms with Crippen LogP contribution in [0, 0.1) is 33.8 Å². The quantitative estimate of drug-likeness (QED) is 0.120. The SMILES string of the molecule is Cc1ccccc1-c1c(C)ccc2[cH-]c(C(C)(C)C)cc12.Cc1ccccc1-c1c(C)ccc2[cH-]c(C(C)(C)C)cc12.[Cl][Zr][Cl].[c-]1cccc2c1[Si]c1ccccc1-2. The standard InChI is InChI=1S/2C21H23.C12H7Si.2ClH.Zr/c2*1-14-8-6-7-9-18(14)20-15(2)10-11-16-12-17(13-19(16)20)21(3,4)5;1-3-7-11-9(5-1)10-6-2-4-8-12(10)13-11;;;/h2*6-13H,1-5H3;1-7H;2*1H;/q3*-1;;;+2/p-2. The molecule has 2 radical (unpaired) electrons. The molecule has 0 saturated carbocycles. The molecular weight excluding hydrogens is 839 g/mol. The van der Waals surface area contributed by atoms with Gasteiger partial charge in [-0.15, -0.1) is 74.6 Å². The normalized spacial score (nSPS) is 11.7. The van der Waals surface area contributed by atoms with Crippen LogP contribution < -0.4 is 10.4 Å². The maximum absolute atomic E-state index is 4.93. The van der Waals surface area contributed by atoms with E-state index in [9.17, 15) is 0 Å². The van der Waals surface area contributed by atoms with Crippen LogP contribution in [0.3, 0.4) is 0 Å². The molecule has 1 aliphatic rings. The zero-order chi connectivity index (χ0) is 41.8.